The Balaban J connectivity index is 3.09. The fraction of sp³-hybridized carbons (Fsp3) is 0.850. The summed E-state index contributed by atoms with van der Waals surface area (Å²) in [4.78, 5) is 10.6. The third-order valence-electron chi connectivity index (χ3n) is 4.43. The van der Waals surface area contributed by atoms with Crippen LogP contribution in [0.25, 0.3) is 0 Å². The molecule has 3 heteroatoms. The van der Waals surface area contributed by atoms with Crippen LogP contribution in [0.3, 0.4) is 0 Å². The van der Waals surface area contributed by atoms with Gasteiger partial charge in [0.25, 0.3) is 0 Å². The molecule has 0 aliphatic rings. The number of halogens is 1. The van der Waals surface area contributed by atoms with Gasteiger partial charge >= 0.3 is 5.97 Å². The first-order valence-corrected chi connectivity index (χ1v) is 10.9. The summed E-state index contributed by atoms with van der Waals surface area (Å²) < 4.78 is 2.12. The summed E-state index contributed by atoms with van der Waals surface area (Å²) in [6.45, 7) is 2.05. The van der Waals surface area contributed by atoms with E-state index in [1.54, 1.807) is 0 Å². The smallest absolute Gasteiger partial charge is 0.303 e. The van der Waals surface area contributed by atoms with Crippen molar-refractivity contribution in [2.75, 3.05) is 0 Å². The van der Waals surface area contributed by atoms with Crippen molar-refractivity contribution in [2.24, 2.45) is 5.92 Å². The standard InChI is InChI=1S/C20H37IO2/c1-19(18-20(22)23)16-14-12-10-8-6-4-2-3-5-7-9-11-13-15-17-21/h15,17,19H,2-14,16,18H2,1H3,(H,22,23)/b17-15+/i21-2. The Morgan fingerprint density at radius 2 is 1.30 bits per heavy atom. The van der Waals surface area contributed by atoms with E-state index in [1.807, 2.05) is 6.92 Å². The molecule has 2 nitrogen and oxygen atoms in total. The predicted octanol–water partition coefficient (Wildman–Crippen LogP) is 7.51. The fourth-order valence-corrected chi connectivity index (χ4v) is 3.35. The topological polar surface area (TPSA) is 37.3 Å². The summed E-state index contributed by atoms with van der Waals surface area (Å²) in [7, 11) is 0. The normalized spacial score (nSPS) is 12.8. The molecule has 0 heterocycles. The molecule has 0 aromatic rings. The molecular weight excluding hydrogens is 397 g/mol. The maximum absolute atomic E-state index is 10.6. The van der Waals surface area contributed by atoms with Gasteiger partial charge in [0.2, 0.25) is 0 Å². The summed E-state index contributed by atoms with van der Waals surface area (Å²) in [6.07, 6.45) is 21.2. The maximum atomic E-state index is 10.6. The lowest BCUT2D eigenvalue weighted by Crippen LogP contribution is -2.03. The number of carboxylic acids is 1. The van der Waals surface area contributed by atoms with Crippen molar-refractivity contribution in [3.63, 3.8) is 0 Å². The highest BCUT2D eigenvalue weighted by Crippen LogP contribution is 2.16. The number of hydrogen-bond donors (Lipinski definition) is 1. The molecule has 0 rings (SSSR count). The average Bonchev–Trinajstić information content (AvgIpc) is 2.50. The number of carbonyl (C=O) groups is 1. The van der Waals surface area contributed by atoms with Crippen LogP contribution in [0.1, 0.15) is 103 Å². The molecule has 136 valence electrons. The largest absolute Gasteiger partial charge is 0.481 e. The van der Waals surface area contributed by atoms with Gasteiger partial charge in [0.15, 0.2) is 0 Å². The summed E-state index contributed by atoms with van der Waals surface area (Å²) in [6, 6.07) is 0. The number of allylic oxidation sites excluding steroid dienone is 1. The first kappa shape index (κ1) is 22.9. The van der Waals surface area contributed by atoms with Crippen LogP contribution in [0.5, 0.6) is 0 Å². The molecule has 1 unspecified atom stereocenters. The molecule has 0 saturated carbocycles. The van der Waals surface area contributed by atoms with Gasteiger partial charge in [0.05, 0.1) is 0 Å². The summed E-state index contributed by atoms with van der Waals surface area (Å²) >= 11 is 2.29. The van der Waals surface area contributed by atoms with E-state index in [4.69, 9.17) is 5.11 Å². The van der Waals surface area contributed by atoms with Gasteiger partial charge in [0.1, 0.15) is 0 Å². The molecule has 0 amide bonds. The van der Waals surface area contributed by atoms with E-state index < -0.39 is 5.97 Å². The lowest BCUT2D eigenvalue weighted by atomic mass is 9.99. The molecule has 0 spiro atoms. The quantitative estimate of drug-likeness (QED) is 0.190. The second-order valence-electron chi connectivity index (χ2n) is 6.88. The Hall–Kier alpha value is -0.0600. The van der Waals surface area contributed by atoms with Crippen molar-refractivity contribution in [3.8, 4) is 0 Å². The van der Waals surface area contributed by atoms with E-state index in [1.165, 1.54) is 83.5 Å². The van der Waals surface area contributed by atoms with Gasteiger partial charge in [-0.3, -0.25) is 4.79 Å². The number of unbranched alkanes of at least 4 members (excludes halogenated alkanes) is 12. The SMILES string of the molecule is CC(CCCCCCCCCCCCCC/C=C/[125I])CC(=O)O. The van der Waals surface area contributed by atoms with E-state index in [2.05, 4.69) is 32.7 Å². The van der Waals surface area contributed by atoms with Crippen molar-refractivity contribution in [1.29, 1.82) is 0 Å². The van der Waals surface area contributed by atoms with Crippen LogP contribution < -0.4 is 0 Å². The van der Waals surface area contributed by atoms with E-state index in [-0.39, 0.29) is 0 Å². The van der Waals surface area contributed by atoms with Crippen LogP contribution in [0, 0.1) is 5.92 Å². The Morgan fingerprint density at radius 1 is 0.870 bits per heavy atom. The summed E-state index contributed by atoms with van der Waals surface area (Å²) in [5.41, 5.74) is 0. The van der Waals surface area contributed by atoms with Crippen LogP contribution in [0.4, 0.5) is 0 Å². The molecular formula is C20H37IO2. The molecule has 0 aliphatic carbocycles. The number of hydrogen-bond acceptors (Lipinski definition) is 1. The van der Waals surface area contributed by atoms with Crippen molar-refractivity contribution in [1.82, 2.24) is 0 Å². The fourth-order valence-electron chi connectivity index (χ4n) is 2.99. The highest BCUT2D eigenvalue weighted by molar-refractivity contribution is 14.1. The van der Waals surface area contributed by atoms with Gasteiger partial charge < -0.3 is 5.11 Å². The van der Waals surface area contributed by atoms with Crippen molar-refractivity contribution in [2.45, 2.75) is 103 Å². The van der Waals surface area contributed by atoms with Gasteiger partial charge in [-0.15, -0.1) is 0 Å². The highest BCUT2D eigenvalue weighted by atomic mass is 125. The molecule has 0 radical (unpaired) electrons. The second-order valence-corrected chi connectivity index (χ2v) is 7.60. The lowest BCUT2D eigenvalue weighted by molar-refractivity contribution is -0.138. The minimum absolute atomic E-state index is 0.328. The Bertz CT molecular complexity index is 289. The van der Waals surface area contributed by atoms with Crippen LogP contribution in [0.2, 0.25) is 0 Å². The first-order valence-electron chi connectivity index (χ1n) is 9.63. The van der Waals surface area contributed by atoms with Crippen molar-refractivity contribution in [3.05, 3.63) is 10.2 Å². The minimum Gasteiger partial charge on any atom is -0.481 e. The molecule has 0 fully saturated rings. The zero-order valence-corrected chi connectivity index (χ0v) is 17.2. The first-order chi connectivity index (χ1) is 11.2. The molecule has 23 heavy (non-hydrogen) atoms. The van der Waals surface area contributed by atoms with Crippen molar-refractivity contribution < 1.29 is 9.90 Å². The zero-order chi connectivity index (χ0) is 17.2. The summed E-state index contributed by atoms with van der Waals surface area (Å²) in [5.74, 6) is -0.319. The third kappa shape index (κ3) is 19.9. The van der Waals surface area contributed by atoms with Gasteiger partial charge in [-0.1, -0.05) is 113 Å². The number of rotatable bonds is 17. The highest BCUT2D eigenvalue weighted by Gasteiger charge is 2.06. The van der Waals surface area contributed by atoms with Gasteiger partial charge in [-0.25, -0.2) is 0 Å². The minimum atomic E-state index is -0.657. The summed E-state index contributed by atoms with van der Waals surface area (Å²) in [5, 5.41) is 8.71. The Kier molecular flexibility index (Phi) is 18.2. The molecule has 1 N–H and O–H groups in total. The maximum Gasteiger partial charge on any atom is 0.303 e. The van der Waals surface area contributed by atoms with E-state index in [0.717, 1.165) is 6.42 Å². The van der Waals surface area contributed by atoms with Gasteiger partial charge in [-0.2, -0.15) is 0 Å². The van der Waals surface area contributed by atoms with Crippen LogP contribution in [-0.4, -0.2) is 11.1 Å². The van der Waals surface area contributed by atoms with Crippen molar-refractivity contribution >= 4 is 28.6 Å². The van der Waals surface area contributed by atoms with E-state index in [9.17, 15) is 4.79 Å². The molecule has 0 aliphatic heterocycles. The van der Waals surface area contributed by atoms with Crippen LogP contribution in [-0.2, 0) is 4.79 Å². The van der Waals surface area contributed by atoms with Crippen LogP contribution >= 0.6 is 22.6 Å². The molecule has 1 atom stereocenters. The van der Waals surface area contributed by atoms with Gasteiger partial charge in [-0.05, 0) is 22.8 Å². The monoisotopic (exact) mass is 434 g/mol. The Morgan fingerprint density at radius 3 is 1.74 bits per heavy atom. The molecule has 0 bridgehead atoms. The number of aliphatic carboxylic acids is 1. The molecule has 0 aromatic carbocycles. The van der Waals surface area contributed by atoms with Gasteiger partial charge in [0, 0.05) is 6.42 Å². The lowest BCUT2D eigenvalue weighted by Gasteiger charge is -2.08. The molecule has 0 saturated heterocycles. The number of carboxylic acid groups (broad SMARTS) is 1. The second kappa shape index (κ2) is 18.3. The average molecular weight is 434 g/mol. The third-order valence-corrected chi connectivity index (χ3v) is 4.94. The van der Waals surface area contributed by atoms with E-state index >= 15 is 0 Å². The van der Waals surface area contributed by atoms with E-state index in [0.29, 0.717) is 12.3 Å². The predicted molar refractivity (Wildman–Crippen MR) is 109 cm³/mol. The molecule has 0 aromatic heterocycles. The zero-order valence-electron chi connectivity index (χ0n) is 15.1. The Labute approximate surface area is 157 Å². The van der Waals surface area contributed by atoms with Crippen LogP contribution in [0.15, 0.2) is 10.2 Å².